The highest BCUT2D eigenvalue weighted by molar-refractivity contribution is 9.10. The number of hydrogen-bond acceptors (Lipinski definition) is 4. The maximum atomic E-state index is 11.7. The van der Waals surface area contributed by atoms with Gasteiger partial charge in [-0.15, -0.1) is 11.8 Å². The predicted molar refractivity (Wildman–Crippen MR) is 90.8 cm³/mol. The van der Waals surface area contributed by atoms with Gasteiger partial charge in [-0.1, -0.05) is 28.8 Å². The lowest BCUT2D eigenvalue weighted by Gasteiger charge is -2.09. The standard InChI is InChI=1S/C16H20BrNO3S/c17-13-5-7-14(8-6-13)22-10-9-18-15(19)11-21-16(20)12-3-1-2-4-12/h5-8,12H,1-4,9-11H2,(H,18,19). The Morgan fingerprint density at radius 1 is 1.23 bits per heavy atom. The molecule has 6 heteroatoms. The molecule has 0 spiro atoms. The summed E-state index contributed by atoms with van der Waals surface area (Å²) < 4.78 is 6.10. The smallest absolute Gasteiger partial charge is 0.309 e. The number of carbonyl (C=O) groups excluding carboxylic acids is 2. The Morgan fingerprint density at radius 2 is 1.91 bits per heavy atom. The zero-order chi connectivity index (χ0) is 15.8. The molecule has 1 saturated carbocycles. The van der Waals surface area contributed by atoms with Crippen LogP contribution in [0.4, 0.5) is 0 Å². The molecule has 0 radical (unpaired) electrons. The highest BCUT2D eigenvalue weighted by atomic mass is 79.9. The Morgan fingerprint density at radius 3 is 2.59 bits per heavy atom. The third-order valence-electron chi connectivity index (χ3n) is 3.54. The van der Waals surface area contributed by atoms with Crippen LogP contribution >= 0.6 is 27.7 Å². The van der Waals surface area contributed by atoms with Gasteiger partial charge < -0.3 is 10.1 Å². The molecule has 1 aliphatic carbocycles. The molecule has 4 nitrogen and oxygen atoms in total. The largest absolute Gasteiger partial charge is 0.455 e. The van der Waals surface area contributed by atoms with Crippen molar-refractivity contribution in [1.82, 2.24) is 5.32 Å². The van der Waals surface area contributed by atoms with Crippen molar-refractivity contribution in [3.05, 3.63) is 28.7 Å². The molecule has 0 aliphatic heterocycles. The quantitative estimate of drug-likeness (QED) is 0.444. The Kier molecular flexibility index (Phi) is 7.25. The molecule has 0 heterocycles. The van der Waals surface area contributed by atoms with Crippen LogP contribution in [0.25, 0.3) is 0 Å². The molecule has 0 bridgehead atoms. The van der Waals surface area contributed by atoms with Crippen molar-refractivity contribution in [2.24, 2.45) is 5.92 Å². The lowest BCUT2D eigenvalue weighted by Crippen LogP contribution is -2.31. The fourth-order valence-corrected chi connectivity index (χ4v) is 3.39. The maximum absolute atomic E-state index is 11.7. The van der Waals surface area contributed by atoms with Gasteiger partial charge in [0.1, 0.15) is 0 Å². The van der Waals surface area contributed by atoms with Crippen LogP contribution in [-0.2, 0) is 14.3 Å². The van der Waals surface area contributed by atoms with E-state index < -0.39 is 0 Å². The molecule has 1 aromatic carbocycles. The zero-order valence-electron chi connectivity index (χ0n) is 12.3. The van der Waals surface area contributed by atoms with E-state index in [2.05, 4.69) is 21.2 Å². The number of amides is 1. The van der Waals surface area contributed by atoms with E-state index in [1.807, 2.05) is 24.3 Å². The average molecular weight is 386 g/mol. The normalized spacial score (nSPS) is 14.8. The molecule has 1 N–H and O–H groups in total. The van der Waals surface area contributed by atoms with Gasteiger partial charge in [-0.25, -0.2) is 0 Å². The second kappa shape index (κ2) is 9.20. The summed E-state index contributed by atoms with van der Waals surface area (Å²) >= 11 is 5.06. The number of nitrogens with one attached hydrogen (secondary N) is 1. The van der Waals surface area contributed by atoms with E-state index in [1.54, 1.807) is 11.8 Å². The lowest BCUT2D eigenvalue weighted by atomic mass is 10.1. The van der Waals surface area contributed by atoms with Crippen LogP contribution in [0.5, 0.6) is 0 Å². The first-order valence-corrected chi connectivity index (χ1v) is 9.25. The Labute approximate surface area is 143 Å². The summed E-state index contributed by atoms with van der Waals surface area (Å²) in [5.74, 6) is 0.324. The highest BCUT2D eigenvalue weighted by Crippen LogP contribution is 2.25. The molecule has 120 valence electrons. The molecule has 1 aliphatic rings. The minimum Gasteiger partial charge on any atom is -0.455 e. The topological polar surface area (TPSA) is 55.4 Å². The summed E-state index contributed by atoms with van der Waals surface area (Å²) in [6.07, 6.45) is 3.95. The van der Waals surface area contributed by atoms with Crippen LogP contribution in [-0.4, -0.2) is 30.8 Å². The van der Waals surface area contributed by atoms with Crippen molar-refractivity contribution in [2.45, 2.75) is 30.6 Å². The summed E-state index contributed by atoms with van der Waals surface area (Å²) in [6.45, 7) is 0.388. The van der Waals surface area contributed by atoms with Crippen LogP contribution in [0, 0.1) is 5.92 Å². The van der Waals surface area contributed by atoms with Gasteiger partial charge in [0, 0.05) is 21.7 Å². The average Bonchev–Trinajstić information content (AvgIpc) is 3.05. The molecule has 0 saturated heterocycles. The number of benzene rings is 1. The van der Waals surface area contributed by atoms with E-state index in [0.29, 0.717) is 6.54 Å². The summed E-state index contributed by atoms with van der Waals surface area (Å²) in [7, 11) is 0. The van der Waals surface area contributed by atoms with Gasteiger partial charge in [0.2, 0.25) is 0 Å². The van der Waals surface area contributed by atoms with E-state index in [9.17, 15) is 9.59 Å². The minimum absolute atomic E-state index is 0.000704. The second-order valence-electron chi connectivity index (χ2n) is 5.24. The number of hydrogen-bond donors (Lipinski definition) is 1. The highest BCUT2D eigenvalue weighted by Gasteiger charge is 2.24. The van der Waals surface area contributed by atoms with Gasteiger partial charge in [0.25, 0.3) is 5.91 Å². The fraction of sp³-hybridized carbons (Fsp3) is 0.500. The summed E-state index contributed by atoms with van der Waals surface area (Å²) in [6, 6.07) is 8.03. The summed E-state index contributed by atoms with van der Waals surface area (Å²) in [5, 5.41) is 2.76. The van der Waals surface area contributed by atoms with Crippen LogP contribution in [0.3, 0.4) is 0 Å². The molecular formula is C16H20BrNO3S. The van der Waals surface area contributed by atoms with E-state index in [1.165, 1.54) is 0 Å². The summed E-state index contributed by atoms with van der Waals surface area (Å²) in [4.78, 5) is 24.5. The predicted octanol–water partition coefficient (Wildman–Crippen LogP) is 3.39. The van der Waals surface area contributed by atoms with Gasteiger partial charge in [0.05, 0.1) is 5.92 Å². The summed E-state index contributed by atoms with van der Waals surface area (Å²) in [5.41, 5.74) is 0. The molecule has 1 amide bonds. The van der Waals surface area contributed by atoms with Crippen LogP contribution < -0.4 is 5.32 Å². The third-order valence-corrected chi connectivity index (χ3v) is 5.08. The molecule has 2 rings (SSSR count). The second-order valence-corrected chi connectivity index (χ2v) is 7.33. The van der Waals surface area contributed by atoms with Gasteiger partial charge in [-0.05, 0) is 37.1 Å². The van der Waals surface area contributed by atoms with Gasteiger partial charge >= 0.3 is 5.97 Å². The van der Waals surface area contributed by atoms with Crippen molar-refractivity contribution in [2.75, 3.05) is 18.9 Å². The van der Waals surface area contributed by atoms with Crippen molar-refractivity contribution in [3.63, 3.8) is 0 Å². The number of carbonyl (C=O) groups is 2. The van der Waals surface area contributed by atoms with E-state index in [-0.39, 0.29) is 24.4 Å². The van der Waals surface area contributed by atoms with Crippen molar-refractivity contribution in [1.29, 1.82) is 0 Å². The van der Waals surface area contributed by atoms with Crippen molar-refractivity contribution >= 4 is 39.6 Å². The molecular weight excluding hydrogens is 366 g/mol. The third kappa shape index (κ3) is 6.01. The van der Waals surface area contributed by atoms with Gasteiger partial charge in [0.15, 0.2) is 6.61 Å². The van der Waals surface area contributed by atoms with Crippen LogP contribution in [0.1, 0.15) is 25.7 Å². The monoisotopic (exact) mass is 385 g/mol. The Balaban J connectivity index is 1.55. The number of thioether (sulfide) groups is 1. The first-order valence-electron chi connectivity index (χ1n) is 7.47. The fourth-order valence-electron chi connectivity index (χ4n) is 2.36. The maximum Gasteiger partial charge on any atom is 0.309 e. The van der Waals surface area contributed by atoms with Crippen LogP contribution in [0.15, 0.2) is 33.6 Å². The van der Waals surface area contributed by atoms with E-state index in [4.69, 9.17) is 4.74 Å². The molecule has 22 heavy (non-hydrogen) atoms. The molecule has 0 aromatic heterocycles. The minimum atomic E-state index is -0.234. The number of esters is 1. The lowest BCUT2D eigenvalue weighted by molar-refractivity contribution is -0.152. The molecule has 1 aromatic rings. The Hall–Kier alpha value is -1.01. The molecule has 0 unspecified atom stereocenters. The van der Waals surface area contributed by atoms with Gasteiger partial charge in [-0.3, -0.25) is 9.59 Å². The van der Waals surface area contributed by atoms with E-state index in [0.717, 1.165) is 40.8 Å². The first-order chi connectivity index (χ1) is 10.6. The van der Waals surface area contributed by atoms with Crippen LogP contribution in [0.2, 0.25) is 0 Å². The van der Waals surface area contributed by atoms with Gasteiger partial charge in [-0.2, -0.15) is 0 Å². The first kappa shape index (κ1) is 17.3. The number of rotatable bonds is 7. The van der Waals surface area contributed by atoms with Crippen molar-refractivity contribution < 1.29 is 14.3 Å². The van der Waals surface area contributed by atoms with Crippen molar-refractivity contribution in [3.8, 4) is 0 Å². The molecule has 1 fully saturated rings. The zero-order valence-corrected chi connectivity index (χ0v) is 14.7. The number of halogens is 1. The Bertz CT molecular complexity index is 501. The molecule has 0 atom stereocenters. The number of ether oxygens (including phenoxy) is 1. The van der Waals surface area contributed by atoms with E-state index >= 15 is 0 Å². The SMILES string of the molecule is O=C(COC(=O)C1CCCC1)NCCSc1ccc(Br)cc1.